The number of rotatable bonds is 6. The Morgan fingerprint density at radius 3 is 2.46 bits per heavy atom. The monoisotopic (exact) mass is 367 g/mol. The van der Waals surface area contributed by atoms with E-state index in [1.807, 2.05) is 30.3 Å². The van der Waals surface area contributed by atoms with E-state index in [0.29, 0.717) is 28.6 Å². The molecule has 0 heterocycles. The summed E-state index contributed by atoms with van der Waals surface area (Å²) in [5.41, 5.74) is 2.18. The highest BCUT2D eigenvalue weighted by Crippen LogP contribution is 2.19. The van der Waals surface area contributed by atoms with Crippen LogP contribution in [-0.4, -0.2) is 13.0 Å². The molecule has 1 amide bonds. The lowest BCUT2D eigenvalue weighted by molar-refractivity contribution is 0.102. The molecule has 5 heteroatoms. The molecule has 1 N–H and O–H groups in total. The SMILES string of the molecule is COc1ccc(NC(=O)c2cccc(OCc3cccc(Cl)c3)c2)cc1. The number of nitrogens with one attached hydrogen (secondary N) is 1. The number of halogens is 1. The second kappa shape index (κ2) is 8.41. The van der Waals surface area contributed by atoms with Crippen molar-refractivity contribution in [3.05, 3.63) is 88.9 Å². The average molecular weight is 368 g/mol. The molecule has 0 aliphatic carbocycles. The Hall–Kier alpha value is -2.98. The van der Waals surface area contributed by atoms with Gasteiger partial charge in [-0.2, -0.15) is 0 Å². The molecule has 3 rings (SSSR count). The first-order valence-corrected chi connectivity index (χ1v) is 8.44. The van der Waals surface area contributed by atoms with E-state index in [1.54, 1.807) is 49.6 Å². The highest BCUT2D eigenvalue weighted by atomic mass is 35.5. The molecule has 0 aliphatic rings. The minimum Gasteiger partial charge on any atom is -0.497 e. The summed E-state index contributed by atoms with van der Waals surface area (Å²) in [6.45, 7) is 0.379. The topological polar surface area (TPSA) is 47.6 Å². The molecule has 0 unspecified atom stereocenters. The lowest BCUT2D eigenvalue weighted by Gasteiger charge is -2.09. The van der Waals surface area contributed by atoms with Crippen molar-refractivity contribution >= 4 is 23.2 Å². The van der Waals surface area contributed by atoms with Crippen LogP contribution in [0, 0.1) is 0 Å². The summed E-state index contributed by atoms with van der Waals surface area (Å²) in [5, 5.41) is 3.52. The van der Waals surface area contributed by atoms with E-state index >= 15 is 0 Å². The maximum atomic E-state index is 12.4. The van der Waals surface area contributed by atoms with Crippen LogP contribution in [0.25, 0.3) is 0 Å². The third-order valence-corrected chi connectivity index (χ3v) is 3.97. The van der Waals surface area contributed by atoms with Crippen LogP contribution in [-0.2, 0) is 6.61 Å². The van der Waals surface area contributed by atoms with E-state index in [9.17, 15) is 4.79 Å². The number of amides is 1. The molecule has 0 fully saturated rings. The van der Waals surface area contributed by atoms with Crippen molar-refractivity contribution in [1.82, 2.24) is 0 Å². The Bertz CT molecular complexity index is 894. The molecule has 0 bridgehead atoms. The van der Waals surface area contributed by atoms with Crippen molar-refractivity contribution in [3.8, 4) is 11.5 Å². The standard InChI is InChI=1S/C21H18ClNO3/c1-25-19-10-8-18(9-11-19)23-21(24)16-5-3-7-20(13-16)26-14-15-4-2-6-17(22)12-15/h2-13H,14H2,1H3,(H,23,24). The highest BCUT2D eigenvalue weighted by Gasteiger charge is 2.08. The summed E-state index contributed by atoms with van der Waals surface area (Å²) in [4.78, 5) is 12.4. The molecule has 0 aromatic heterocycles. The van der Waals surface area contributed by atoms with Gasteiger partial charge in [-0.05, 0) is 60.2 Å². The van der Waals surface area contributed by atoms with Crippen LogP contribution < -0.4 is 14.8 Å². The summed E-state index contributed by atoms with van der Waals surface area (Å²) in [5.74, 6) is 1.15. The van der Waals surface area contributed by atoms with E-state index < -0.39 is 0 Å². The molecule has 26 heavy (non-hydrogen) atoms. The highest BCUT2D eigenvalue weighted by molar-refractivity contribution is 6.30. The van der Waals surface area contributed by atoms with Gasteiger partial charge < -0.3 is 14.8 Å². The van der Waals surface area contributed by atoms with Gasteiger partial charge in [0, 0.05) is 16.3 Å². The summed E-state index contributed by atoms with van der Waals surface area (Å²) in [6, 6.07) is 21.7. The lowest BCUT2D eigenvalue weighted by Crippen LogP contribution is -2.11. The number of hydrogen-bond acceptors (Lipinski definition) is 3. The normalized spacial score (nSPS) is 10.2. The van der Waals surface area contributed by atoms with Crippen LogP contribution in [0.4, 0.5) is 5.69 Å². The number of methoxy groups -OCH3 is 1. The maximum Gasteiger partial charge on any atom is 0.255 e. The van der Waals surface area contributed by atoms with Gasteiger partial charge in [0.2, 0.25) is 0 Å². The third-order valence-electron chi connectivity index (χ3n) is 3.74. The lowest BCUT2D eigenvalue weighted by atomic mass is 10.2. The van der Waals surface area contributed by atoms with Gasteiger partial charge in [-0.25, -0.2) is 0 Å². The maximum absolute atomic E-state index is 12.4. The molecule has 0 aliphatic heterocycles. The molecule has 0 atom stereocenters. The predicted octanol–water partition coefficient (Wildman–Crippen LogP) is 5.18. The van der Waals surface area contributed by atoms with Crippen LogP contribution in [0.15, 0.2) is 72.8 Å². The van der Waals surface area contributed by atoms with Gasteiger partial charge in [-0.1, -0.05) is 29.8 Å². The van der Waals surface area contributed by atoms with Gasteiger partial charge in [0.1, 0.15) is 18.1 Å². The fourth-order valence-corrected chi connectivity index (χ4v) is 2.61. The number of carbonyl (C=O) groups is 1. The zero-order chi connectivity index (χ0) is 18.4. The molecular weight excluding hydrogens is 350 g/mol. The third kappa shape index (κ3) is 4.77. The fraction of sp³-hybridized carbons (Fsp3) is 0.0952. The Morgan fingerprint density at radius 2 is 1.73 bits per heavy atom. The van der Waals surface area contributed by atoms with Crippen LogP contribution in [0.3, 0.4) is 0 Å². The van der Waals surface area contributed by atoms with E-state index in [-0.39, 0.29) is 5.91 Å². The van der Waals surface area contributed by atoms with Crippen LogP contribution in [0.1, 0.15) is 15.9 Å². The molecule has 3 aromatic carbocycles. The summed E-state index contributed by atoms with van der Waals surface area (Å²) < 4.78 is 10.9. The van der Waals surface area contributed by atoms with Crippen molar-refractivity contribution in [1.29, 1.82) is 0 Å². The largest absolute Gasteiger partial charge is 0.497 e. The molecule has 4 nitrogen and oxygen atoms in total. The van der Waals surface area contributed by atoms with Gasteiger partial charge >= 0.3 is 0 Å². The summed E-state index contributed by atoms with van der Waals surface area (Å²) in [7, 11) is 1.60. The van der Waals surface area contributed by atoms with Crippen molar-refractivity contribution in [2.75, 3.05) is 12.4 Å². The van der Waals surface area contributed by atoms with Crippen molar-refractivity contribution < 1.29 is 14.3 Å². The smallest absolute Gasteiger partial charge is 0.255 e. The van der Waals surface area contributed by atoms with Crippen molar-refractivity contribution in [2.45, 2.75) is 6.61 Å². The molecule has 132 valence electrons. The van der Waals surface area contributed by atoms with Gasteiger partial charge in [0.25, 0.3) is 5.91 Å². The van der Waals surface area contributed by atoms with Gasteiger partial charge in [-0.15, -0.1) is 0 Å². The van der Waals surface area contributed by atoms with E-state index in [0.717, 1.165) is 11.3 Å². The fourth-order valence-electron chi connectivity index (χ4n) is 2.40. The van der Waals surface area contributed by atoms with E-state index in [4.69, 9.17) is 21.1 Å². The van der Waals surface area contributed by atoms with Crippen molar-refractivity contribution in [2.24, 2.45) is 0 Å². The van der Waals surface area contributed by atoms with Crippen molar-refractivity contribution in [3.63, 3.8) is 0 Å². The zero-order valence-corrected chi connectivity index (χ0v) is 15.0. The first-order chi connectivity index (χ1) is 12.6. The molecule has 0 saturated carbocycles. The Labute approximate surface area is 157 Å². The number of benzene rings is 3. The number of ether oxygens (including phenoxy) is 2. The van der Waals surface area contributed by atoms with Gasteiger partial charge in [-0.3, -0.25) is 4.79 Å². The second-order valence-corrected chi connectivity index (χ2v) is 6.07. The van der Waals surface area contributed by atoms with Crippen LogP contribution in [0.2, 0.25) is 5.02 Å². The molecule has 0 radical (unpaired) electrons. The first kappa shape index (κ1) is 17.8. The van der Waals surface area contributed by atoms with Crippen LogP contribution >= 0.6 is 11.6 Å². The minimum absolute atomic E-state index is 0.205. The summed E-state index contributed by atoms with van der Waals surface area (Å²) >= 11 is 5.97. The Kier molecular flexibility index (Phi) is 5.77. The Morgan fingerprint density at radius 1 is 0.962 bits per heavy atom. The predicted molar refractivity (Wildman–Crippen MR) is 103 cm³/mol. The first-order valence-electron chi connectivity index (χ1n) is 8.07. The molecule has 3 aromatic rings. The van der Waals surface area contributed by atoms with E-state index in [1.165, 1.54) is 0 Å². The van der Waals surface area contributed by atoms with Gasteiger partial charge in [0.15, 0.2) is 0 Å². The molecule has 0 saturated heterocycles. The van der Waals surface area contributed by atoms with E-state index in [2.05, 4.69) is 5.32 Å². The van der Waals surface area contributed by atoms with Crippen LogP contribution in [0.5, 0.6) is 11.5 Å². The average Bonchev–Trinajstić information content (AvgIpc) is 2.67. The number of anilines is 1. The number of carbonyl (C=O) groups excluding carboxylic acids is 1. The van der Waals surface area contributed by atoms with Gasteiger partial charge in [0.05, 0.1) is 7.11 Å². The molecular formula is C21H18ClNO3. The molecule has 0 spiro atoms. The minimum atomic E-state index is -0.205. The second-order valence-electron chi connectivity index (χ2n) is 5.63. The Balaban J connectivity index is 1.64. The quantitative estimate of drug-likeness (QED) is 0.653. The number of hydrogen-bond donors (Lipinski definition) is 1. The zero-order valence-electron chi connectivity index (χ0n) is 14.2. The summed E-state index contributed by atoms with van der Waals surface area (Å²) in [6.07, 6.45) is 0.